The van der Waals surface area contributed by atoms with Crippen molar-refractivity contribution in [2.24, 2.45) is 5.14 Å². The highest BCUT2D eigenvalue weighted by molar-refractivity contribution is 7.89. The number of benzene rings is 2. The van der Waals surface area contributed by atoms with Gasteiger partial charge in [0.25, 0.3) is 5.56 Å². The number of fused-ring (bicyclic) bond motifs is 2. The topological polar surface area (TPSA) is 126 Å². The van der Waals surface area contributed by atoms with Gasteiger partial charge in [-0.05, 0) is 18.2 Å². The molecule has 8 nitrogen and oxygen atoms in total. The number of rotatable bonds is 2. The molecule has 27 heavy (non-hydrogen) atoms. The molecule has 2 heterocycles. The molecule has 5 N–H and O–H groups in total. The van der Waals surface area contributed by atoms with Gasteiger partial charge in [0.1, 0.15) is 11.1 Å². The molecule has 0 spiro atoms. The third kappa shape index (κ3) is 2.47. The molecule has 1 aliphatic rings. The van der Waals surface area contributed by atoms with Gasteiger partial charge in [0.15, 0.2) is 0 Å². The van der Waals surface area contributed by atoms with Gasteiger partial charge in [-0.15, -0.1) is 0 Å². The average molecular weight is 385 g/mol. The molecule has 0 radical (unpaired) electrons. The van der Waals surface area contributed by atoms with Crippen LogP contribution in [0.2, 0.25) is 0 Å². The molecular formula is C18H19N5O3S. The Balaban J connectivity index is 1.99. The number of anilines is 3. The Bertz CT molecular complexity index is 1210. The number of pyridine rings is 1. The molecule has 140 valence electrons. The minimum atomic E-state index is -4.01. The Morgan fingerprint density at radius 2 is 1.59 bits per heavy atom. The van der Waals surface area contributed by atoms with E-state index in [0.717, 1.165) is 11.4 Å². The number of aromatic nitrogens is 1. The third-order valence-electron chi connectivity index (χ3n) is 5.03. The van der Waals surface area contributed by atoms with E-state index in [1.54, 1.807) is 12.1 Å². The molecule has 2 aromatic carbocycles. The molecule has 1 aliphatic heterocycles. The predicted molar refractivity (Wildman–Crippen MR) is 106 cm³/mol. The number of nitrogen functional groups attached to an aromatic ring is 1. The van der Waals surface area contributed by atoms with Gasteiger partial charge >= 0.3 is 0 Å². The highest BCUT2D eigenvalue weighted by Gasteiger charge is 2.35. The van der Waals surface area contributed by atoms with Gasteiger partial charge in [0.05, 0.1) is 28.1 Å². The van der Waals surface area contributed by atoms with Gasteiger partial charge < -0.3 is 20.5 Å². The number of aromatic amines is 1. The molecule has 0 amide bonds. The van der Waals surface area contributed by atoms with Crippen LogP contribution in [0.5, 0.6) is 0 Å². The van der Waals surface area contributed by atoms with E-state index < -0.39 is 21.7 Å². The number of para-hydroxylation sites is 3. The van der Waals surface area contributed by atoms with Crippen molar-refractivity contribution >= 4 is 38.0 Å². The Hall–Kier alpha value is -3.04. The molecule has 0 fully saturated rings. The Labute approximate surface area is 156 Å². The van der Waals surface area contributed by atoms with Crippen molar-refractivity contribution in [3.8, 4) is 0 Å². The van der Waals surface area contributed by atoms with Crippen molar-refractivity contribution < 1.29 is 8.42 Å². The van der Waals surface area contributed by atoms with Crippen molar-refractivity contribution in [2.75, 3.05) is 29.6 Å². The van der Waals surface area contributed by atoms with E-state index >= 15 is 0 Å². The standard InChI is InChI=1S/C18H19N5O3S/c1-22-11-7-3-4-8-12(11)23(2)18(22)14-15(19)10-6-5-9-13(27(20,25)26)16(10)21-17(14)24/h3-9,18H,1-2H3,(H3,19,21,24)(H2,20,25,26). The SMILES string of the molecule is CN1c2ccccc2N(C)C1c1c(N)c2cccc(S(N)(=O)=O)c2[nH]c1=O. The summed E-state index contributed by atoms with van der Waals surface area (Å²) in [6.45, 7) is 0. The van der Waals surface area contributed by atoms with E-state index in [2.05, 4.69) is 4.98 Å². The van der Waals surface area contributed by atoms with Crippen LogP contribution in [0, 0.1) is 0 Å². The number of hydrogen-bond donors (Lipinski definition) is 3. The summed E-state index contributed by atoms with van der Waals surface area (Å²) >= 11 is 0. The summed E-state index contributed by atoms with van der Waals surface area (Å²) in [6, 6.07) is 12.4. The maximum atomic E-state index is 12.9. The van der Waals surface area contributed by atoms with Gasteiger partial charge in [-0.25, -0.2) is 13.6 Å². The molecule has 0 saturated carbocycles. The summed E-state index contributed by atoms with van der Waals surface area (Å²) in [5, 5.41) is 5.72. The molecule has 3 aromatic rings. The van der Waals surface area contributed by atoms with E-state index in [1.165, 1.54) is 6.07 Å². The number of nitrogens with zero attached hydrogens (tertiary/aromatic N) is 2. The lowest BCUT2D eigenvalue weighted by molar-refractivity contribution is 0.598. The highest BCUT2D eigenvalue weighted by Crippen LogP contribution is 2.45. The number of hydrogen-bond acceptors (Lipinski definition) is 6. The first-order chi connectivity index (χ1) is 12.7. The van der Waals surface area contributed by atoms with Crippen molar-refractivity contribution in [3.05, 3.63) is 58.4 Å². The number of nitrogens with two attached hydrogens (primary N) is 2. The van der Waals surface area contributed by atoms with Crippen LogP contribution in [-0.2, 0) is 10.0 Å². The van der Waals surface area contributed by atoms with Crippen LogP contribution in [0.1, 0.15) is 11.7 Å². The zero-order valence-corrected chi connectivity index (χ0v) is 15.6. The predicted octanol–water partition coefficient (Wildman–Crippen LogP) is 1.34. The Morgan fingerprint density at radius 1 is 1.00 bits per heavy atom. The van der Waals surface area contributed by atoms with Gasteiger partial charge in [0, 0.05) is 19.5 Å². The van der Waals surface area contributed by atoms with E-state index in [0.29, 0.717) is 10.9 Å². The molecule has 1 aromatic heterocycles. The van der Waals surface area contributed by atoms with Crippen LogP contribution in [-0.4, -0.2) is 27.5 Å². The largest absolute Gasteiger partial charge is 0.398 e. The normalized spacial score (nSPS) is 14.8. The lowest BCUT2D eigenvalue weighted by Gasteiger charge is -2.29. The zero-order chi connectivity index (χ0) is 19.5. The number of nitrogens with one attached hydrogen (secondary N) is 1. The maximum Gasteiger partial charge on any atom is 0.257 e. The summed E-state index contributed by atoms with van der Waals surface area (Å²) in [5.74, 6) is 0. The second kappa shape index (κ2) is 5.73. The zero-order valence-electron chi connectivity index (χ0n) is 14.8. The third-order valence-corrected chi connectivity index (χ3v) is 5.98. The summed E-state index contributed by atoms with van der Waals surface area (Å²) in [6.07, 6.45) is -0.423. The Morgan fingerprint density at radius 3 is 2.15 bits per heavy atom. The maximum absolute atomic E-state index is 12.9. The first-order valence-corrected chi connectivity index (χ1v) is 9.78. The lowest BCUT2D eigenvalue weighted by Crippen LogP contribution is -2.36. The van der Waals surface area contributed by atoms with Crippen LogP contribution in [0.3, 0.4) is 0 Å². The van der Waals surface area contributed by atoms with Crippen LogP contribution in [0.25, 0.3) is 10.9 Å². The second-order valence-electron chi connectivity index (χ2n) is 6.59. The minimum Gasteiger partial charge on any atom is -0.398 e. The van der Waals surface area contributed by atoms with E-state index in [-0.39, 0.29) is 16.1 Å². The van der Waals surface area contributed by atoms with Crippen molar-refractivity contribution in [1.82, 2.24) is 4.98 Å². The van der Waals surface area contributed by atoms with Crippen LogP contribution >= 0.6 is 0 Å². The van der Waals surface area contributed by atoms with Gasteiger partial charge in [0.2, 0.25) is 10.0 Å². The molecular weight excluding hydrogens is 366 g/mol. The van der Waals surface area contributed by atoms with E-state index in [9.17, 15) is 13.2 Å². The van der Waals surface area contributed by atoms with Crippen LogP contribution in [0.15, 0.2) is 52.2 Å². The molecule has 0 unspecified atom stereocenters. The number of H-pyrrole nitrogens is 1. The fraction of sp³-hybridized carbons (Fsp3) is 0.167. The smallest absolute Gasteiger partial charge is 0.257 e. The van der Waals surface area contributed by atoms with Crippen molar-refractivity contribution in [3.63, 3.8) is 0 Å². The summed E-state index contributed by atoms with van der Waals surface area (Å²) in [7, 11) is -0.235. The molecule has 0 saturated heterocycles. The monoisotopic (exact) mass is 385 g/mol. The minimum absolute atomic E-state index is 0.118. The van der Waals surface area contributed by atoms with E-state index in [1.807, 2.05) is 48.2 Å². The summed E-state index contributed by atoms with van der Waals surface area (Å²) in [5.41, 5.74) is 8.57. The van der Waals surface area contributed by atoms with Crippen molar-refractivity contribution in [2.45, 2.75) is 11.1 Å². The van der Waals surface area contributed by atoms with Gasteiger partial charge in [-0.3, -0.25) is 4.79 Å². The fourth-order valence-electron chi connectivity index (χ4n) is 3.80. The van der Waals surface area contributed by atoms with Crippen LogP contribution < -0.4 is 26.2 Å². The highest BCUT2D eigenvalue weighted by atomic mass is 32.2. The number of sulfonamides is 1. The molecule has 0 aliphatic carbocycles. The molecule has 9 heteroatoms. The summed E-state index contributed by atoms with van der Waals surface area (Å²) < 4.78 is 23.7. The first-order valence-electron chi connectivity index (χ1n) is 8.23. The average Bonchev–Trinajstić information content (AvgIpc) is 2.86. The molecule has 0 bridgehead atoms. The fourth-order valence-corrected chi connectivity index (χ4v) is 4.51. The Kier molecular flexibility index (Phi) is 3.69. The first kappa shape index (κ1) is 17.4. The van der Waals surface area contributed by atoms with Crippen LogP contribution in [0.4, 0.5) is 17.1 Å². The molecule has 4 rings (SSSR count). The molecule has 0 atom stereocenters. The van der Waals surface area contributed by atoms with Crippen molar-refractivity contribution in [1.29, 1.82) is 0 Å². The van der Waals surface area contributed by atoms with Gasteiger partial charge in [-0.1, -0.05) is 24.3 Å². The van der Waals surface area contributed by atoms with Gasteiger partial charge in [-0.2, -0.15) is 0 Å². The number of primary sulfonamides is 1. The quantitative estimate of drug-likeness (QED) is 0.611. The summed E-state index contributed by atoms with van der Waals surface area (Å²) in [4.78, 5) is 19.4. The lowest BCUT2D eigenvalue weighted by atomic mass is 10.1. The second-order valence-corrected chi connectivity index (χ2v) is 8.12. The van der Waals surface area contributed by atoms with E-state index in [4.69, 9.17) is 10.9 Å².